The zero-order valence-electron chi connectivity index (χ0n) is 55.1. The maximum Gasteiger partial charge on any atom is 0.305 e. The summed E-state index contributed by atoms with van der Waals surface area (Å²) < 4.78 is 16.7. The van der Waals surface area contributed by atoms with Gasteiger partial charge in [-0.1, -0.05) is 280 Å². The smallest absolute Gasteiger partial charge is 0.305 e. The quantitative estimate of drug-likeness (QED) is 0.0195. The Morgan fingerprint density at radius 1 is 0.435 bits per heavy atom. The molecule has 6 N–H and O–H groups in total. The largest absolute Gasteiger partial charge is 0.466 e. The number of allylic oxidation sites excluding steroid dienone is 9. The van der Waals surface area contributed by atoms with Crippen LogP contribution < -0.4 is 5.32 Å². The van der Waals surface area contributed by atoms with Crippen LogP contribution in [0.4, 0.5) is 0 Å². The van der Waals surface area contributed by atoms with E-state index >= 15 is 0 Å². The fourth-order valence-corrected chi connectivity index (χ4v) is 11.1. The van der Waals surface area contributed by atoms with Gasteiger partial charge in [0.15, 0.2) is 6.29 Å². The lowest BCUT2D eigenvalue weighted by Gasteiger charge is -2.40. The number of carbonyl (C=O) groups is 2. The minimum atomic E-state index is -1.58. The minimum Gasteiger partial charge on any atom is -0.466 e. The van der Waals surface area contributed by atoms with Gasteiger partial charge in [0.05, 0.1) is 32.0 Å². The number of unbranched alkanes of at least 4 members (excludes halogenated alkanes) is 41. The molecule has 85 heavy (non-hydrogen) atoms. The van der Waals surface area contributed by atoms with Gasteiger partial charge in [0, 0.05) is 12.8 Å². The number of hydrogen-bond donors (Lipinski definition) is 6. The van der Waals surface area contributed by atoms with E-state index in [2.05, 4.69) is 67.8 Å². The maximum atomic E-state index is 13.0. The van der Waals surface area contributed by atoms with E-state index in [1.165, 1.54) is 244 Å². The van der Waals surface area contributed by atoms with Gasteiger partial charge in [-0.25, -0.2) is 0 Å². The lowest BCUT2D eigenvalue weighted by atomic mass is 9.99. The highest BCUT2D eigenvalue weighted by Gasteiger charge is 2.44. The number of ether oxygens (including phenoxy) is 3. The number of amides is 1. The molecule has 1 heterocycles. The molecule has 1 aliphatic rings. The molecule has 0 bridgehead atoms. The Kier molecular flexibility index (Phi) is 59.5. The standard InChI is InChI=1S/C74H135NO10/c1-3-5-7-9-11-13-14-15-16-36-39-42-46-50-54-58-62-70(79)83-63-59-55-51-47-43-40-37-34-32-30-28-26-24-22-20-18-17-19-21-23-25-27-29-31-33-35-38-41-45-49-53-57-61-69(78)75-66(67(77)60-56-52-48-44-12-10-8-6-4-2)65-84-74-73(82)72(81)71(80)68(64-76)85-74/h12-14,16,20,22,36,44,56,60,66-68,71-74,76-77,80-82H,3-11,15,17-19,21,23-35,37-43,45-55,57-59,61-65H2,1-2H3,(H,75,78)/b14-13-,22-20-,36-16-,44-12+,60-56+. The van der Waals surface area contributed by atoms with Crippen LogP contribution in [0.25, 0.3) is 0 Å². The molecule has 0 aliphatic carbocycles. The van der Waals surface area contributed by atoms with E-state index < -0.39 is 49.5 Å². The molecule has 0 radical (unpaired) electrons. The predicted molar refractivity (Wildman–Crippen MR) is 357 cm³/mol. The van der Waals surface area contributed by atoms with E-state index in [-0.39, 0.29) is 18.5 Å². The average Bonchev–Trinajstić information content (AvgIpc) is 3.70. The molecule has 0 spiro atoms. The predicted octanol–water partition coefficient (Wildman–Crippen LogP) is 18.5. The first-order valence-corrected chi connectivity index (χ1v) is 36.1. The van der Waals surface area contributed by atoms with Gasteiger partial charge in [-0.05, 0) is 103 Å². The Hall–Kier alpha value is -2.64. The van der Waals surface area contributed by atoms with Crippen molar-refractivity contribution in [1.82, 2.24) is 5.32 Å². The van der Waals surface area contributed by atoms with E-state index in [0.717, 1.165) is 64.2 Å². The summed E-state index contributed by atoms with van der Waals surface area (Å²) in [5.74, 6) is -0.195. The van der Waals surface area contributed by atoms with E-state index in [1.54, 1.807) is 6.08 Å². The zero-order chi connectivity index (χ0) is 61.6. The van der Waals surface area contributed by atoms with Crippen molar-refractivity contribution in [3.63, 3.8) is 0 Å². The summed E-state index contributed by atoms with van der Waals surface area (Å²) in [6.45, 7) is 4.28. The molecule has 1 aliphatic heterocycles. The molecule has 7 atom stereocenters. The first-order chi connectivity index (χ1) is 41.7. The molecule has 0 aromatic carbocycles. The van der Waals surface area contributed by atoms with E-state index in [9.17, 15) is 35.1 Å². The lowest BCUT2D eigenvalue weighted by molar-refractivity contribution is -0.302. The number of aliphatic hydroxyl groups excluding tert-OH is 5. The molecule has 7 unspecified atom stereocenters. The van der Waals surface area contributed by atoms with Crippen molar-refractivity contribution in [3.8, 4) is 0 Å². The topological polar surface area (TPSA) is 175 Å². The molecule has 1 fully saturated rings. The summed E-state index contributed by atoms with van der Waals surface area (Å²) in [7, 11) is 0. The Morgan fingerprint density at radius 3 is 1.26 bits per heavy atom. The first kappa shape index (κ1) is 80.4. The fourth-order valence-electron chi connectivity index (χ4n) is 11.1. The molecule has 496 valence electrons. The second kappa shape index (κ2) is 62.9. The van der Waals surface area contributed by atoms with E-state index in [4.69, 9.17) is 14.2 Å². The fraction of sp³-hybridized carbons (Fsp3) is 0.838. The van der Waals surface area contributed by atoms with Crippen LogP contribution >= 0.6 is 0 Å². The molecule has 0 saturated carbocycles. The molecule has 1 saturated heterocycles. The molecular formula is C74H135NO10. The van der Waals surface area contributed by atoms with Crippen LogP contribution in [0.3, 0.4) is 0 Å². The lowest BCUT2D eigenvalue weighted by Crippen LogP contribution is -2.60. The summed E-state index contributed by atoms with van der Waals surface area (Å²) in [6.07, 6.45) is 73.9. The van der Waals surface area contributed by atoms with Crippen LogP contribution in [0.2, 0.25) is 0 Å². The van der Waals surface area contributed by atoms with Gasteiger partial charge in [-0.15, -0.1) is 0 Å². The summed E-state index contributed by atoms with van der Waals surface area (Å²) >= 11 is 0. The molecule has 1 amide bonds. The number of aliphatic hydroxyl groups is 5. The molecule has 11 nitrogen and oxygen atoms in total. The van der Waals surface area contributed by atoms with Crippen molar-refractivity contribution in [3.05, 3.63) is 60.8 Å². The molecule has 0 aromatic heterocycles. The van der Waals surface area contributed by atoms with Gasteiger partial charge in [0.1, 0.15) is 24.4 Å². The van der Waals surface area contributed by atoms with Crippen molar-refractivity contribution in [2.75, 3.05) is 19.8 Å². The van der Waals surface area contributed by atoms with Gasteiger partial charge >= 0.3 is 5.97 Å². The Morgan fingerprint density at radius 2 is 0.800 bits per heavy atom. The third-order valence-electron chi connectivity index (χ3n) is 16.8. The maximum absolute atomic E-state index is 13.0. The van der Waals surface area contributed by atoms with Crippen LogP contribution in [-0.4, -0.2) is 100 Å². The van der Waals surface area contributed by atoms with E-state index in [0.29, 0.717) is 19.4 Å². The number of nitrogens with one attached hydrogen (secondary N) is 1. The summed E-state index contributed by atoms with van der Waals surface area (Å²) in [4.78, 5) is 25.1. The SMILES string of the molecule is CCCCC/C=C/CC/C=C/C(O)C(COC1OC(CO)C(O)C(O)C1O)NC(=O)CCCCCCCCCCCCCCCCCC/C=C\CCCCCCCCCCCCCCOC(=O)CCCCCCC/C=C\C/C=C\CCCCCC. The van der Waals surface area contributed by atoms with Crippen LogP contribution in [-0.2, 0) is 23.8 Å². The van der Waals surface area contributed by atoms with Crippen molar-refractivity contribution in [1.29, 1.82) is 0 Å². The molecular weight excluding hydrogens is 1060 g/mol. The Bertz CT molecular complexity index is 1600. The monoisotopic (exact) mass is 1200 g/mol. The highest BCUT2D eigenvalue weighted by Crippen LogP contribution is 2.23. The third-order valence-corrected chi connectivity index (χ3v) is 16.8. The number of hydrogen-bond acceptors (Lipinski definition) is 10. The van der Waals surface area contributed by atoms with Gasteiger partial charge in [0.2, 0.25) is 5.91 Å². The first-order valence-electron chi connectivity index (χ1n) is 36.1. The molecule has 1 rings (SSSR count). The van der Waals surface area contributed by atoms with Crippen molar-refractivity contribution in [2.45, 2.75) is 378 Å². The minimum absolute atomic E-state index is 0.00335. The van der Waals surface area contributed by atoms with E-state index in [1.807, 2.05) is 6.08 Å². The van der Waals surface area contributed by atoms with Gasteiger partial charge in [0.25, 0.3) is 0 Å². The van der Waals surface area contributed by atoms with Crippen LogP contribution in [0.1, 0.15) is 335 Å². The highest BCUT2D eigenvalue weighted by molar-refractivity contribution is 5.76. The average molecular weight is 1200 g/mol. The number of esters is 1. The Labute approximate surface area is 522 Å². The summed E-state index contributed by atoms with van der Waals surface area (Å²) in [5, 5.41) is 54.3. The van der Waals surface area contributed by atoms with Crippen LogP contribution in [0, 0.1) is 0 Å². The molecule has 11 heteroatoms. The second-order valence-corrected chi connectivity index (χ2v) is 24.9. The van der Waals surface area contributed by atoms with Crippen LogP contribution in [0.15, 0.2) is 60.8 Å². The van der Waals surface area contributed by atoms with Gasteiger partial charge in [-0.2, -0.15) is 0 Å². The third kappa shape index (κ3) is 51.9. The second-order valence-electron chi connectivity index (χ2n) is 24.9. The zero-order valence-corrected chi connectivity index (χ0v) is 55.1. The van der Waals surface area contributed by atoms with Crippen molar-refractivity contribution >= 4 is 11.9 Å². The normalized spacial score (nSPS) is 18.3. The number of rotatable bonds is 63. The van der Waals surface area contributed by atoms with Crippen molar-refractivity contribution in [2.24, 2.45) is 0 Å². The van der Waals surface area contributed by atoms with Crippen LogP contribution in [0.5, 0.6) is 0 Å². The highest BCUT2D eigenvalue weighted by atomic mass is 16.7. The summed E-state index contributed by atoms with van der Waals surface area (Å²) in [6, 6.07) is -0.825. The van der Waals surface area contributed by atoms with Gasteiger partial charge < -0.3 is 45.1 Å². The van der Waals surface area contributed by atoms with Crippen molar-refractivity contribution < 1.29 is 49.3 Å². The summed E-state index contributed by atoms with van der Waals surface area (Å²) in [5.41, 5.74) is 0. The molecule has 0 aromatic rings. The van der Waals surface area contributed by atoms with Gasteiger partial charge in [-0.3, -0.25) is 9.59 Å². The number of carbonyl (C=O) groups excluding carboxylic acids is 2. The Balaban J connectivity index is 1.90.